The molecule has 4 rings (SSSR count). The highest BCUT2D eigenvalue weighted by atomic mass is 16.6. The van der Waals surface area contributed by atoms with Crippen LogP contribution < -0.4 is 4.74 Å². The van der Waals surface area contributed by atoms with Crippen LogP contribution in [0.15, 0.2) is 60.6 Å². The average molecular weight is 519 g/mol. The predicted octanol–water partition coefficient (Wildman–Crippen LogP) is 5.20. The third-order valence-corrected chi connectivity index (χ3v) is 6.69. The van der Waals surface area contributed by atoms with Gasteiger partial charge < -0.3 is 29.2 Å². The van der Waals surface area contributed by atoms with E-state index in [1.807, 2.05) is 85.7 Å². The average Bonchev–Trinajstić information content (AvgIpc) is 3.29. The smallest absolute Gasteiger partial charge is 0.410 e. The van der Waals surface area contributed by atoms with E-state index in [9.17, 15) is 9.59 Å². The number of allylic oxidation sites excluding steroid dienone is 1. The number of unbranched alkanes of at least 4 members (excludes halogenated alkanes) is 1. The number of carbonyl (C=O) groups is 2. The van der Waals surface area contributed by atoms with Crippen molar-refractivity contribution in [2.75, 3.05) is 46.9 Å². The topological polar surface area (TPSA) is 78.1 Å². The summed E-state index contributed by atoms with van der Waals surface area (Å²) in [7, 11) is 3.81. The lowest BCUT2D eigenvalue weighted by molar-refractivity contribution is 0.0748. The molecule has 0 unspecified atom stereocenters. The maximum atomic E-state index is 14.1. The summed E-state index contributed by atoms with van der Waals surface area (Å²) in [6.45, 7) is 6.94. The van der Waals surface area contributed by atoms with Crippen LogP contribution in [0.1, 0.15) is 41.3 Å². The number of amides is 1. The number of piperazine rings is 1. The molecule has 2 heterocycles. The van der Waals surface area contributed by atoms with E-state index in [2.05, 4.69) is 11.9 Å². The molecule has 1 fully saturated rings. The van der Waals surface area contributed by atoms with E-state index in [1.165, 1.54) is 0 Å². The molecule has 8 nitrogen and oxygen atoms in total. The van der Waals surface area contributed by atoms with Gasteiger partial charge in [-0.25, -0.2) is 4.79 Å². The van der Waals surface area contributed by atoms with Crippen LogP contribution in [0.2, 0.25) is 0 Å². The Labute approximate surface area is 224 Å². The van der Waals surface area contributed by atoms with Gasteiger partial charge in [0, 0.05) is 69.6 Å². The second kappa shape index (κ2) is 12.5. The maximum Gasteiger partial charge on any atom is 0.410 e. The lowest BCUT2D eigenvalue weighted by Crippen LogP contribution is -2.49. The van der Waals surface area contributed by atoms with E-state index in [-0.39, 0.29) is 18.5 Å². The first-order valence-electron chi connectivity index (χ1n) is 13.3. The number of carbonyl (C=O) groups excluding carboxylic acids is 2. The molecule has 8 heteroatoms. The largest absolute Gasteiger partial charge is 0.493 e. The Kier molecular flexibility index (Phi) is 8.94. The predicted molar refractivity (Wildman–Crippen MR) is 149 cm³/mol. The molecule has 38 heavy (non-hydrogen) atoms. The normalized spacial score (nSPS) is 14.1. The highest BCUT2D eigenvalue weighted by molar-refractivity contribution is 6.12. The molecule has 1 aliphatic heterocycles. The number of H-pyrrole nitrogens is 1. The Morgan fingerprint density at radius 3 is 2.45 bits per heavy atom. The van der Waals surface area contributed by atoms with Gasteiger partial charge in [0.1, 0.15) is 18.1 Å². The zero-order valence-electron chi connectivity index (χ0n) is 22.8. The number of fused-ring (bicyclic) bond motifs is 1. The first kappa shape index (κ1) is 27.1. The fraction of sp³-hybridized carbons (Fsp3) is 0.400. The van der Waals surface area contributed by atoms with Crippen molar-refractivity contribution in [1.29, 1.82) is 0 Å². The minimum Gasteiger partial charge on any atom is -0.493 e. The monoisotopic (exact) mass is 518 g/mol. The molecule has 1 aromatic heterocycles. The van der Waals surface area contributed by atoms with E-state index in [0.717, 1.165) is 34.9 Å². The Morgan fingerprint density at radius 2 is 1.76 bits per heavy atom. The zero-order valence-corrected chi connectivity index (χ0v) is 22.8. The number of rotatable bonds is 10. The van der Waals surface area contributed by atoms with Crippen molar-refractivity contribution in [2.24, 2.45) is 0 Å². The molecular weight excluding hydrogens is 480 g/mol. The molecule has 1 aliphatic rings. The van der Waals surface area contributed by atoms with Crippen LogP contribution in [0.5, 0.6) is 5.75 Å². The van der Waals surface area contributed by atoms with Gasteiger partial charge >= 0.3 is 6.09 Å². The number of ketones is 1. The summed E-state index contributed by atoms with van der Waals surface area (Å²) in [6, 6.07) is 13.5. The van der Waals surface area contributed by atoms with Crippen LogP contribution >= 0.6 is 0 Å². The van der Waals surface area contributed by atoms with Crippen LogP contribution in [-0.4, -0.2) is 78.4 Å². The Hall–Kier alpha value is -3.94. The van der Waals surface area contributed by atoms with Crippen molar-refractivity contribution in [3.05, 3.63) is 77.2 Å². The summed E-state index contributed by atoms with van der Waals surface area (Å²) >= 11 is 0. The fourth-order valence-corrected chi connectivity index (χ4v) is 4.52. The molecule has 3 aromatic rings. The van der Waals surface area contributed by atoms with Gasteiger partial charge in [-0.3, -0.25) is 4.79 Å². The SMILES string of the molecule is CCCCOc1cc2[nH]cc(C)c2cc1C(=O)/C(=C/N(C)C)N1CCN(C(=O)OCc2ccccc2)CC1. The maximum absolute atomic E-state index is 14.1. The highest BCUT2D eigenvalue weighted by Gasteiger charge is 2.29. The molecule has 0 saturated carbocycles. The number of Topliss-reactive ketones (excluding diaryl/α,β-unsaturated/α-hetero) is 1. The van der Waals surface area contributed by atoms with E-state index >= 15 is 0 Å². The van der Waals surface area contributed by atoms with Crippen LogP contribution in [0, 0.1) is 6.92 Å². The number of aryl methyl sites for hydroxylation is 1. The molecule has 0 radical (unpaired) electrons. The number of hydrogen-bond donors (Lipinski definition) is 1. The van der Waals surface area contributed by atoms with Crippen LogP contribution in [-0.2, 0) is 11.3 Å². The fourth-order valence-electron chi connectivity index (χ4n) is 4.52. The number of ether oxygens (including phenoxy) is 2. The standard InChI is InChI=1S/C30H38N4O4/c1-5-6-16-37-28-18-26-24(22(2)19-31-26)17-25(28)29(35)27(20-32(3)4)33-12-14-34(15-13-33)30(36)38-21-23-10-8-7-9-11-23/h7-11,17-20,31H,5-6,12-16,21H2,1-4H3/b27-20-. The molecule has 202 valence electrons. The minimum atomic E-state index is -0.335. The first-order chi connectivity index (χ1) is 18.4. The Balaban J connectivity index is 1.50. The van der Waals surface area contributed by atoms with Crippen molar-refractivity contribution >= 4 is 22.8 Å². The number of hydrogen-bond acceptors (Lipinski definition) is 6. The number of benzene rings is 2. The van der Waals surface area contributed by atoms with E-state index in [4.69, 9.17) is 9.47 Å². The van der Waals surface area contributed by atoms with Gasteiger partial charge in [0.25, 0.3) is 0 Å². The molecule has 0 aliphatic carbocycles. The van der Waals surface area contributed by atoms with Crippen LogP contribution in [0.25, 0.3) is 10.9 Å². The summed E-state index contributed by atoms with van der Waals surface area (Å²) in [6.07, 6.45) is 5.39. The van der Waals surface area contributed by atoms with Crippen LogP contribution in [0.3, 0.4) is 0 Å². The third-order valence-electron chi connectivity index (χ3n) is 6.69. The molecule has 1 N–H and O–H groups in total. The number of nitrogens with zero attached hydrogens (tertiary/aromatic N) is 3. The summed E-state index contributed by atoms with van der Waals surface area (Å²) in [5.41, 5.74) is 4.11. The van der Waals surface area contributed by atoms with Crippen LogP contribution in [0.4, 0.5) is 4.79 Å². The lowest BCUT2D eigenvalue weighted by atomic mass is 10.0. The number of aromatic nitrogens is 1. The lowest BCUT2D eigenvalue weighted by Gasteiger charge is -2.36. The Bertz CT molecular complexity index is 1270. The van der Waals surface area contributed by atoms with E-state index < -0.39 is 0 Å². The van der Waals surface area contributed by atoms with Gasteiger partial charge in [-0.2, -0.15) is 0 Å². The third kappa shape index (κ3) is 6.49. The van der Waals surface area contributed by atoms with Crippen molar-refractivity contribution in [1.82, 2.24) is 19.7 Å². The van der Waals surface area contributed by atoms with Crippen molar-refractivity contribution < 1.29 is 19.1 Å². The number of nitrogens with one attached hydrogen (secondary N) is 1. The molecule has 1 saturated heterocycles. The van der Waals surface area contributed by atoms with E-state index in [0.29, 0.717) is 49.8 Å². The summed E-state index contributed by atoms with van der Waals surface area (Å²) in [5, 5.41) is 1.01. The number of aromatic amines is 1. The van der Waals surface area contributed by atoms with Gasteiger partial charge in [0.2, 0.25) is 5.78 Å². The van der Waals surface area contributed by atoms with Gasteiger partial charge in [0.15, 0.2) is 0 Å². The molecule has 0 spiro atoms. The highest BCUT2D eigenvalue weighted by Crippen LogP contribution is 2.31. The van der Waals surface area contributed by atoms with Crippen molar-refractivity contribution in [3.8, 4) is 5.75 Å². The summed E-state index contributed by atoms with van der Waals surface area (Å²) in [4.78, 5) is 35.6. The summed E-state index contributed by atoms with van der Waals surface area (Å²) < 4.78 is 11.6. The Morgan fingerprint density at radius 1 is 1.05 bits per heavy atom. The minimum absolute atomic E-state index is 0.0900. The zero-order chi connectivity index (χ0) is 27.1. The second-order valence-corrected chi connectivity index (χ2v) is 9.89. The van der Waals surface area contributed by atoms with Gasteiger partial charge in [-0.15, -0.1) is 0 Å². The quantitative estimate of drug-likeness (QED) is 0.226. The van der Waals surface area contributed by atoms with E-state index in [1.54, 1.807) is 4.90 Å². The molecule has 2 aromatic carbocycles. The second-order valence-electron chi connectivity index (χ2n) is 9.89. The molecule has 0 atom stereocenters. The molecule has 0 bridgehead atoms. The van der Waals surface area contributed by atoms with Crippen molar-refractivity contribution in [3.63, 3.8) is 0 Å². The first-order valence-corrected chi connectivity index (χ1v) is 13.3. The van der Waals surface area contributed by atoms with Gasteiger partial charge in [-0.1, -0.05) is 43.7 Å². The molecular formula is C30H38N4O4. The van der Waals surface area contributed by atoms with Crippen molar-refractivity contribution in [2.45, 2.75) is 33.3 Å². The van der Waals surface area contributed by atoms with Gasteiger partial charge in [0.05, 0.1) is 12.2 Å². The summed E-state index contributed by atoms with van der Waals surface area (Å²) in [5.74, 6) is 0.499. The van der Waals surface area contributed by atoms with Gasteiger partial charge in [-0.05, 0) is 30.5 Å². The molecule has 1 amide bonds.